The maximum atomic E-state index is 13.5. The third-order valence-corrected chi connectivity index (χ3v) is 5.28. The van der Waals surface area contributed by atoms with Gasteiger partial charge < -0.3 is 9.79 Å². The molecule has 26 heavy (non-hydrogen) atoms. The third-order valence-electron chi connectivity index (χ3n) is 3.91. The van der Waals surface area contributed by atoms with Gasteiger partial charge >= 0.3 is 7.60 Å². The van der Waals surface area contributed by atoms with Gasteiger partial charge in [0.15, 0.2) is 5.78 Å². The summed E-state index contributed by atoms with van der Waals surface area (Å²) in [5.41, 5.74) is 2.29. The highest BCUT2D eigenvalue weighted by Gasteiger charge is 2.22. The second kappa shape index (κ2) is 8.20. The normalized spacial score (nSPS) is 11.8. The molecule has 2 N–H and O–H groups in total. The van der Waals surface area contributed by atoms with E-state index >= 15 is 0 Å². The molecule has 8 heteroatoms. The van der Waals surface area contributed by atoms with Crippen molar-refractivity contribution in [1.29, 1.82) is 0 Å². The topological polar surface area (TPSA) is 74.6 Å². The molecule has 2 rings (SSSR count). The number of carbonyl (C=O) groups excluding carboxylic acids is 1. The minimum absolute atomic E-state index is 0.0373. The molecule has 4 nitrogen and oxygen atoms in total. The molecule has 2 aromatic carbocycles. The van der Waals surface area contributed by atoms with Crippen LogP contribution in [0, 0.1) is 5.82 Å². The van der Waals surface area contributed by atoms with E-state index < -0.39 is 19.5 Å². The van der Waals surface area contributed by atoms with Crippen LogP contribution in [0.2, 0.25) is 10.0 Å². The fourth-order valence-electron chi connectivity index (χ4n) is 2.67. The molecule has 0 bridgehead atoms. The van der Waals surface area contributed by atoms with Crippen molar-refractivity contribution in [1.82, 2.24) is 0 Å². The van der Waals surface area contributed by atoms with Crippen LogP contribution in [0.3, 0.4) is 0 Å². The summed E-state index contributed by atoms with van der Waals surface area (Å²) >= 11 is 12.5. The van der Waals surface area contributed by atoms with Gasteiger partial charge in [-0.2, -0.15) is 0 Å². The average Bonchev–Trinajstić information content (AvgIpc) is 2.50. The first-order valence-electron chi connectivity index (χ1n) is 7.82. The standard InChI is InChI=1S/C18H18Cl2FO4P/c1-10(2)14-8-13(21)4-3-11(14)5-15-16(19)6-12(7-17(15)20)18(22)9-26(23,24)25/h3-4,6-8,10H,5,9H2,1-2H3,(H2,23,24,25). The SMILES string of the molecule is CC(C)c1cc(F)ccc1Cc1c(Cl)cc(C(=O)CP(=O)(O)O)cc1Cl. The molecule has 0 unspecified atom stereocenters. The molecule has 0 saturated heterocycles. The van der Waals surface area contributed by atoms with E-state index in [0.717, 1.165) is 11.1 Å². The van der Waals surface area contributed by atoms with E-state index in [0.29, 0.717) is 12.0 Å². The largest absolute Gasteiger partial charge is 0.333 e. The quantitative estimate of drug-likeness (QED) is 0.498. The lowest BCUT2D eigenvalue weighted by Crippen LogP contribution is -2.07. The van der Waals surface area contributed by atoms with Gasteiger partial charge in [0.2, 0.25) is 0 Å². The number of halogens is 3. The van der Waals surface area contributed by atoms with Crippen molar-refractivity contribution in [3.05, 3.63) is 68.4 Å². The Balaban J connectivity index is 2.38. The van der Waals surface area contributed by atoms with Crippen molar-refractivity contribution >= 4 is 36.6 Å². The molecule has 0 aliphatic carbocycles. The molecule has 140 valence electrons. The fourth-order valence-corrected chi connectivity index (χ4v) is 3.84. The van der Waals surface area contributed by atoms with E-state index in [2.05, 4.69) is 0 Å². The van der Waals surface area contributed by atoms with Crippen LogP contribution in [0.4, 0.5) is 4.39 Å². The fraction of sp³-hybridized carbons (Fsp3) is 0.278. The Morgan fingerprint density at radius 3 is 2.23 bits per heavy atom. The second-order valence-corrected chi connectivity index (χ2v) is 8.80. The van der Waals surface area contributed by atoms with E-state index in [-0.39, 0.29) is 27.3 Å². The van der Waals surface area contributed by atoms with E-state index in [1.54, 1.807) is 6.07 Å². The van der Waals surface area contributed by atoms with Gasteiger partial charge in [0, 0.05) is 22.0 Å². The van der Waals surface area contributed by atoms with Crippen molar-refractivity contribution in [3.8, 4) is 0 Å². The van der Waals surface area contributed by atoms with Crippen LogP contribution in [0.1, 0.15) is 46.8 Å². The maximum absolute atomic E-state index is 13.5. The molecule has 0 aromatic heterocycles. The number of benzene rings is 2. The van der Waals surface area contributed by atoms with Gasteiger partial charge in [-0.3, -0.25) is 9.36 Å². The number of rotatable bonds is 6. The summed E-state index contributed by atoms with van der Waals surface area (Å²) < 4.78 is 24.5. The minimum Gasteiger partial charge on any atom is -0.324 e. The molecule has 2 aromatic rings. The van der Waals surface area contributed by atoms with Crippen LogP contribution in [0.15, 0.2) is 30.3 Å². The minimum atomic E-state index is -4.48. The molecule has 0 spiro atoms. The number of hydrogen-bond acceptors (Lipinski definition) is 2. The van der Waals surface area contributed by atoms with Crippen LogP contribution < -0.4 is 0 Å². The lowest BCUT2D eigenvalue weighted by Gasteiger charge is -2.15. The van der Waals surface area contributed by atoms with Crippen LogP contribution in [0.25, 0.3) is 0 Å². The lowest BCUT2D eigenvalue weighted by atomic mass is 9.92. The van der Waals surface area contributed by atoms with Crippen LogP contribution in [-0.2, 0) is 11.0 Å². The number of hydrogen-bond donors (Lipinski definition) is 2. The van der Waals surface area contributed by atoms with E-state index in [1.807, 2.05) is 13.8 Å². The van der Waals surface area contributed by atoms with Crippen molar-refractivity contribution in [2.75, 3.05) is 6.16 Å². The smallest absolute Gasteiger partial charge is 0.324 e. The molecule has 0 heterocycles. The predicted octanol–water partition coefficient (Wildman–Crippen LogP) is 5.21. The molecule has 0 aliphatic rings. The zero-order chi connectivity index (χ0) is 19.6. The predicted molar refractivity (Wildman–Crippen MR) is 101 cm³/mol. The molecule has 0 aliphatic heterocycles. The van der Waals surface area contributed by atoms with Crippen molar-refractivity contribution in [3.63, 3.8) is 0 Å². The second-order valence-electron chi connectivity index (χ2n) is 6.34. The Kier molecular flexibility index (Phi) is 6.65. The Labute approximate surface area is 161 Å². The zero-order valence-corrected chi connectivity index (χ0v) is 16.6. The van der Waals surface area contributed by atoms with Crippen molar-refractivity contribution in [2.24, 2.45) is 0 Å². The van der Waals surface area contributed by atoms with Crippen molar-refractivity contribution in [2.45, 2.75) is 26.2 Å². The van der Waals surface area contributed by atoms with Gasteiger partial charge in [-0.25, -0.2) is 4.39 Å². The third kappa shape index (κ3) is 5.38. The summed E-state index contributed by atoms with van der Waals surface area (Å²) in [4.78, 5) is 29.8. The molecular weight excluding hydrogens is 401 g/mol. The monoisotopic (exact) mass is 418 g/mol. The number of Topliss-reactive ketones (excluding diaryl/α,β-unsaturated/α-hetero) is 1. The Morgan fingerprint density at radius 2 is 1.73 bits per heavy atom. The molecular formula is C18H18Cl2FO4P. The summed E-state index contributed by atoms with van der Waals surface area (Å²) in [5, 5.41) is 0.427. The summed E-state index contributed by atoms with van der Waals surface area (Å²) in [6.45, 7) is 3.90. The van der Waals surface area contributed by atoms with E-state index in [1.165, 1.54) is 24.3 Å². The van der Waals surface area contributed by atoms with Gasteiger partial charge in [-0.05, 0) is 46.9 Å². The van der Waals surface area contributed by atoms with Gasteiger partial charge in [-0.1, -0.05) is 43.1 Å². The van der Waals surface area contributed by atoms with Gasteiger partial charge in [0.1, 0.15) is 12.0 Å². The summed E-state index contributed by atoms with van der Waals surface area (Å²) in [6.07, 6.45) is -0.563. The van der Waals surface area contributed by atoms with Crippen LogP contribution in [-0.4, -0.2) is 21.7 Å². The lowest BCUT2D eigenvalue weighted by molar-refractivity contribution is 0.101. The number of carbonyl (C=O) groups is 1. The molecule has 0 radical (unpaired) electrons. The highest BCUT2D eigenvalue weighted by atomic mass is 35.5. The van der Waals surface area contributed by atoms with E-state index in [9.17, 15) is 13.8 Å². The van der Waals surface area contributed by atoms with Gasteiger partial charge in [0.05, 0.1) is 0 Å². The highest BCUT2D eigenvalue weighted by molar-refractivity contribution is 7.52. The maximum Gasteiger partial charge on any atom is 0.333 e. The first-order chi connectivity index (χ1) is 12.0. The summed E-state index contributed by atoms with van der Waals surface area (Å²) in [5.74, 6) is -0.964. The first-order valence-corrected chi connectivity index (χ1v) is 10.4. The van der Waals surface area contributed by atoms with Gasteiger partial charge in [-0.15, -0.1) is 0 Å². The molecule has 0 fully saturated rings. The average molecular weight is 419 g/mol. The van der Waals surface area contributed by atoms with Crippen LogP contribution >= 0.6 is 30.8 Å². The summed E-state index contributed by atoms with van der Waals surface area (Å²) in [7, 11) is -4.48. The zero-order valence-electron chi connectivity index (χ0n) is 14.2. The highest BCUT2D eigenvalue weighted by Crippen LogP contribution is 2.36. The Hall–Kier alpha value is -1.23. The molecule has 0 amide bonds. The summed E-state index contributed by atoms with van der Waals surface area (Å²) in [6, 6.07) is 7.20. The molecule has 0 saturated carbocycles. The van der Waals surface area contributed by atoms with Crippen molar-refractivity contribution < 1.29 is 23.5 Å². The first kappa shape index (κ1) is 21.1. The Bertz CT molecular complexity index is 870. The van der Waals surface area contributed by atoms with Crippen LogP contribution in [0.5, 0.6) is 0 Å². The Morgan fingerprint density at radius 1 is 1.15 bits per heavy atom. The van der Waals surface area contributed by atoms with Gasteiger partial charge in [0.25, 0.3) is 0 Å². The number of ketones is 1. The van der Waals surface area contributed by atoms with E-state index in [4.69, 9.17) is 33.0 Å². The molecule has 0 atom stereocenters.